The molecule has 0 saturated carbocycles. The van der Waals surface area contributed by atoms with Gasteiger partial charge in [-0.15, -0.1) is 0 Å². The van der Waals surface area contributed by atoms with Gasteiger partial charge in [0.2, 0.25) is 0 Å². The molecule has 0 spiro atoms. The normalized spacial score (nSPS) is 12.2. The van der Waals surface area contributed by atoms with Gasteiger partial charge in [0.05, 0.1) is 7.05 Å². The Hall–Kier alpha value is -1.36. The fourth-order valence-corrected chi connectivity index (χ4v) is 2.84. The predicted octanol–water partition coefficient (Wildman–Crippen LogP) is 2.36. The van der Waals surface area contributed by atoms with Crippen LogP contribution in [0.1, 0.15) is 11.1 Å². The van der Waals surface area contributed by atoms with Crippen molar-refractivity contribution in [3.63, 3.8) is 0 Å². The molecule has 0 aliphatic rings. The summed E-state index contributed by atoms with van der Waals surface area (Å²) in [5, 5.41) is 7.72. The van der Waals surface area contributed by atoms with Gasteiger partial charge in [-0.3, -0.25) is 4.79 Å². The number of hydrogen-bond acceptors (Lipinski definition) is 2. The fraction of sp³-hybridized carbons (Fsp3) is 0.267. The molecule has 2 N–H and O–H groups in total. The summed E-state index contributed by atoms with van der Waals surface area (Å²) >= 11 is 7.62. The van der Waals surface area contributed by atoms with Crippen molar-refractivity contribution in [3.8, 4) is 0 Å². The Morgan fingerprint density at radius 2 is 2.20 bits per heavy atom. The second kappa shape index (κ2) is 6.88. The third-order valence-electron chi connectivity index (χ3n) is 3.02. The van der Waals surface area contributed by atoms with Crippen molar-refractivity contribution in [1.29, 1.82) is 0 Å². The molecule has 106 valence electrons. The predicted molar refractivity (Wildman–Crippen MR) is 84.6 cm³/mol. The number of rotatable bonds is 5. The number of aryl methyl sites for hydroxylation is 1. The SMILES string of the molecule is Cc1ccc(Cl)cc1NC(=O)C[NH+](C)Cc1ccsc1. The monoisotopic (exact) mass is 309 g/mol. The molecule has 3 nitrogen and oxygen atoms in total. The highest BCUT2D eigenvalue weighted by Gasteiger charge is 2.12. The van der Waals surface area contributed by atoms with Crippen molar-refractivity contribution in [2.75, 3.05) is 18.9 Å². The molecule has 0 aliphatic heterocycles. The third-order valence-corrected chi connectivity index (χ3v) is 3.99. The highest BCUT2D eigenvalue weighted by molar-refractivity contribution is 7.07. The highest BCUT2D eigenvalue weighted by Crippen LogP contribution is 2.19. The van der Waals surface area contributed by atoms with Crippen molar-refractivity contribution in [2.45, 2.75) is 13.5 Å². The van der Waals surface area contributed by atoms with Crippen LogP contribution < -0.4 is 10.2 Å². The molecule has 1 amide bonds. The molecule has 0 radical (unpaired) electrons. The number of nitrogens with one attached hydrogen (secondary N) is 2. The Kier molecular flexibility index (Phi) is 5.17. The van der Waals surface area contributed by atoms with Gasteiger partial charge >= 0.3 is 0 Å². The Morgan fingerprint density at radius 1 is 1.40 bits per heavy atom. The number of thiophene rings is 1. The van der Waals surface area contributed by atoms with Gasteiger partial charge in [0.1, 0.15) is 6.54 Å². The minimum absolute atomic E-state index is 0.00287. The summed E-state index contributed by atoms with van der Waals surface area (Å²) in [5.74, 6) is 0.00287. The molecule has 5 heteroatoms. The first-order valence-electron chi connectivity index (χ1n) is 6.43. The zero-order valence-electron chi connectivity index (χ0n) is 11.6. The Bertz CT molecular complexity index is 584. The lowest BCUT2D eigenvalue weighted by Gasteiger charge is -2.14. The van der Waals surface area contributed by atoms with Gasteiger partial charge in [-0.05, 0) is 41.4 Å². The van der Waals surface area contributed by atoms with Gasteiger partial charge in [0, 0.05) is 16.3 Å². The minimum atomic E-state index is 0.00287. The molecule has 1 unspecified atom stereocenters. The van der Waals surface area contributed by atoms with E-state index in [0.717, 1.165) is 22.7 Å². The zero-order chi connectivity index (χ0) is 14.5. The van der Waals surface area contributed by atoms with Crippen LogP contribution in [0.5, 0.6) is 0 Å². The van der Waals surface area contributed by atoms with E-state index in [1.54, 1.807) is 17.4 Å². The van der Waals surface area contributed by atoms with E-state index in [0.29, 0.717) is 11.6 Å². The molecule has 0 saturated heterocycles. The van der Waals surface area contributed by atoms with Crippen molar-refractivity contribution in [2.24, 2.45) is 0 Å². The standard InChI is InChI=1S/C15H17ClN2OS/c1-11-3-4-13(16)7-14(11)17-15(19)9-18(2)8-12-5-6-20-10-12/h3-7,10H,8-9H2,1-2H3,(H,17,19)/p+1. The molecule has 0 aliphatic carbocycles. The van der Waals surface area contributed by atoms with E-state index in [2.05, 4.69) is 22.1 Å². The molecule has 2 aromatic rings. The maximum Gasteiger partial charge on any atom is 0.279 e. The molecule has 1 atom stereocenters. The van der Waals surface area contributed by atoms with Crippen LogP contribution in [0.2, 0.25) is 5.02 Å². The molecule has 2 rings (SSSR count). The van der Waals surface area contributed by atoms with Crippen LogP contribution in [0.15, 0.2) is 35.0 Å². The molecular weight excluding hydrogens is 292 g/mol. The van der Waals surface area contributed by atoms with Crippen LogP contribution in [0.4, 0.5) is 5.69 Å². The van der Waals surface area contributed by atoms with Gasteiger partial charge in [-0.25, -0.2) is 0 Å². The number of likely N-dealkylation sites (N-methyl/N-ethyl adjacent to an activating group) is 1. The lowest BCUT2D eigenvalue weighted by Crippen LogP contribution is -3.08. The summed E-state index contributed by atoms with van der Waals surface area (Å²) in [6.07, 6.45) is 0. The second-order valence-corrected chi connectivity index (χ2v) is 6.17. The summed E-state index contributed by atoms with van der Waals surface area (Å²) in [7, 11) is 2.02. The van der Waals surface area contributed by atoms with E-state index in [-0.39, 0.29) is 5.91 Å². The van der Waals surface area contributed by atoms with Gasteiger partial charge in [-0.2, -0.15) is 11.3 Å². The van der Waals surface area contributed by atoms with Crippen LogP contribution in [-0.4, -0.2) is 19.5 Å². The lowest BCUT2D eigenvalue weighted by molar-refractivity contribution is -0.885. The van der Waals surface area contributed by atoms with Crippen molar-refractivity contribution in [3.05, 3.63) is 51.2 Å². The summed E-state index contributed by atoms with van der Waals surface area (Å²) in [4.78, 5) is 13.2. The number of halogens is 1. The topological polar surface area (TPSA) is 33.5 Å². The van der Waals surface area contributed by atoms with Crippen molar-refractivity contribution >= 4 is 34.5 Å². The van der Waals surface area contributed by atoms with Gasteiger partial charge in [-0.1, -0.05) is 17.7 Å². The average molecular weight is 310 g/mol. The molecule has 0 fully saturated rings. The average Bonchev–Trinajstić information content (AvgIpc) is 2.86. The Morgan fingerprint density at radius 3 is 2.90 bits per heavy atom. The summed E-state index contributed by atoms with van der Waals surface area (Å²) in [5.41, 5.74) is 3.06. The van der Waals surface area contributed by atoms with E-state index in [1.165, 1.54) is 5.56 Å². The quantitative estimate of drug-likeness (QED) is 0.873. The zero-order valence-corrected chi connectivity index (χ0v) is 13.1. The first-order chi connectivity index (χ1) is 9.54. The number of anilines is 1. The number of benzene rings is 1. The Balaban J connectivity index is 1.90. The van der Waals surface area contributed by atoms with E-state index in [1.807, 2.05) is 26.1 Å². The van der Waals surface area contributed by atoms with Crippen LogP contribution in [-0.2, 0) is 11.3 Å². The molecule has 1 heterocycles. The van der Waals surface area contributed by atoms with Gasteiger partial charge in [0.15, 0.2) is 6.54 Å². The number of carbonyl (C=O) groups excluding carboxylic acids is 1. The maximum atomic E-state index is 12.0. The van der Waals surface area contributed by atoms with Crippen molar-refractivity contribution in [1.82, 2.24) is 0 Å². The lowest BCUT2D eigenvalue weighted by atomic mass is 10.2. The van der Waals surface area contributed by atoms with Crippen LogP contribution >= 0.6 is 22.9 Å². The number of quaternary nitrogens is 1. The summed E-state index contributed by atoms with van der Waals surface area (Å²) in [6, 6.07) is 7.59. The van der Waals surface area contributed by atoms with Crippen molar-refractivity contribution < 1.29 is 9.69 Å². The Labute approximate surface area is 128 Å². The summed E-state index contributed by atoms with van der Waals surface area (Å²) in [6.45, 7) is 3.24. The third kappa shape index (κ3) is 4.34. The van der Waals surface area contributed by atoms with Gasteiger partial charge < -0.3 is 10.2 Å². The van der Waals surface area contributed by atoms with E-state index >= 15 is 0 Å². The first-order valence-corrected chi connectivity index (χ1v) is 7.75. The highest BCUT2D eigenvalue weighted by atomic mass is 35.5. The molecular formula is C15H18ClN2OS+. The maximum absolute atomic E-state index is 12.0. The van der Waals surface area contributed by atoms with Crippen LogP contribution in [0.25, 0.3) is 0 Å². The van der Waals surface area contributed by atoms with Gasteiger partial charge in [0.25, 0.3) is 5.91 Å². The molecule has 1 aromatic heterocycles. The number of carbonyl (C=O) groups is 1. The first kappa shape index (κ1) is 15.0. The van der Waals surface area contributed by atoms with E-state index in [4.69, 9.17) is 11.6 Å². The summed E-state index contributed by atoms with van der Waals surface area (Å²) < 4.78 is 0. The van der Waals surface area contributed by atoms with Crippen LogP contribution in [0, 0.1) is 6.92 Å². The van der Waals surface area contributed by atoms with E-state index in [9.17, 15) is 4.79 Å². The number of amides is 1. The number of hydrogen-bond donors (Lipinski definition) is 2. The fourth-order valence-electron chi connectivity index (χ4n) is 2.00. The minimum Gasteiger partial charge on any atom is -0.326 e. The molecule has 1 aromatic carbocycles. The van der Waals surface area contributed by atoms with E-state index < -0.39 is 0 Å². The molecule has 0 bridgehead atoms. The van der Waals surface area contributed by atoms with Crippen LogP contribution in [0.3, 0.4) is 0 Å². The molecule has 20 heavy (non-hydrogen) atoms. The second-order valence-electron chi connectivity index (χ2n) is 4.95. The largest absolute Gasteiger partial charge is 0.326 e. The smallest absolute Gasteiger partial charge is 0.279 e.